The van der Waals surface area contributed by atoms with E-state index < -0.39 is 0 Å². The summed E-state index contributed by atoms with van der Waals surface area (Å²) < 4.78 is 0. The molecule has 0 bridgehead atoms. The molecule has 0 atom stereocenters. The van der Waals surface area contributed by atoms with Crippen LogP contribution in [-0.2, 0) is 0 Å². The van der Waals surface area contributed by atoms with Gasteiger partial charge in [0.05, 0.1) is 11.6 Å². The number of rotatable bonds is 7. The Hall–Kier alpha value is -0.610. The number of carbonyl (C=O) groups excluding carboxylic acids is 1. The van der Waals surface area contributed by atoms with Crippen LogP contribution in [0.15, 0.2) is 18.2 Å². The zero-order valence-corrected chi connectivity index (χ0v) is 13.1. The highest BCUT2D eigenvalue weighted by molar-refractivity contribution is 6.36. The normalized spacial score (nSPS) is 11.3. The van der Waals surface area contributed by atoms with Crippen molar-refractivity contribution in [2.45, 2.75) is 6.42 Å². The van der Waals surface area contributed by atoms with Gasteiger partial charge in [-0.1, -0.05) is 23.2 Å². The molecular formula is C14H20Cl2N2O. The Kier molecular flexibility index (Phi) is 6.80. The minimum absolute atomic E-state index is 0.0222. The fraction of sp³-hybridized carbons (Fsp3) is 0.500. The Labute approximate surface area is 125 Å². The van der Waals surface area contributed by atoms with E-state index in [-0.39, 0.29) is 5.78 Å². The Balaban J connectivity index is 2.50. The van der Waals surface area contributed by atoms with Crippen molar-refractivity contribution in [2.24, 2.45) is 0 Å². The summed E-state index contributed by atoms with van der Waals surface area (Å²) in [7, 11) is 6.02. The lowest BCUT2D eigenvalue weighted by molar-refractivity contribution is 0.0945. The number of hydrogen-bond acceptors (Lipinski definition) is 3. The molecule has 0 amide bonds. The minimum Gasteiger partial charge on any atom is -0.309 e. The first-order valence-corrected chi connectivity index (χ1v) is 6.97. The Morgan fingerprint density at radius 2 is 1.84 bits per heavy atom. The van der Waals surface area contributed by atoms with E-state index in [9.17, 15) is 4.79 Å². The number of benzene rings is 1. The summed E-state index contributed by atoms with van der Waals surface area (Å²) in [5.41, 5.74) is 0.533. The molecule has 3 nitrogen and oxygen atoms in total. The van der Waals surface area contributed by atoms with Gasteiger partial charge < -0.3 is 4.90 Å². The monoisotopic (exact) mass is 302 g/mol. The molecule has 19 heavy (non-hydrogen) atoms. The molecule has 0 radical (unpaired) electrons. The van der Waals surface area contributed by atoms with Crippen molar-refractivity contribution >= 4 is 29.0 Å². The van der Waals surface area contributed by atoms with E-state index in [1.165, 1.54) is 0 Å². The molecule has 0 saturated heterocycles. The topological polar surface area (TPSA) is 23.6 Å². The van der Waals surface area contributed by atoms with Gasteiger partial charge in [-0.3, -0.25) is 9.69 Å². The lowest BCUT2D eigenvalue weighted by atomic mass is 10.1. The Morgan fingerprint density at radius 3 is 2.42 bits per heavy atom. The molecule has 0 fully saturated rings. The van der Waals surface area contributed by atoms with Gasteiger partial charge in [-0.05, 0) is 58.9 Å². The standard InChI is InChI=1S/C14H20Cl2N2O/c1-17(2)7-4-8-18(3)10-14(19)12-6-5-11(15)9-13(12)16/h5-6,9H,4,7-8,10H2,1-3H3. The molecule has 0 unspecified atom stereocenters. The van der Waals surface area contributed by atoms with Gasteiger partial charge in [0, 0.05) is 10.6 Å². The zero-order chi connectivity index (χ0) is 14.4. The van der Waals surface area contributed by atoms with E-state index >= 15 is 0 Å². The SMILES string of the molecule is CN(C)CCCN(C)CC(=O)c1ccc(Cl)cc1Cl. The molecule has 0 heterocycles. The first kappa shape index (κ1) is 16.4. The smallest absolute Gasteiger partial charge is 0.178 e. The highest BCUT2D eigenvalue weighted by Gasteiger charge is 2.13. The second kappa shape index (κ2) is 7.85. The first-order chi connectivity index (χ1) is 8.90. The van der Waals surface area contributed by atoms with Crippen LogP contribution in [0.3, 0.4) is 0 Å². The summed E-state index contributed by atoms with van der Waals surface area (Å²) in [4.78, 5) is 16.2. The van der Waals surface area contributed by atoms with E-state index in [4.69, 9.17) is 23.2 Å². The molecule has 0 aliphatic heterocycles. The highest BCUT2D eigenvalue weighted by atomic mass is 35.5. The molecule has 5 heteroatoms. The third kappa shape index (κ3) is 5.91. The van der Waals surface area contributed by atoms with Gasteiger partial charge in [0.25, 0.3) is 0 Å². The predicted molar refractivity (Wildman–Crippen MR) is 81.5 cm³/mol. The van der Waals surface area contributed by atoms with E-state index in [0.717, 1.165) is 19.5 Å². The summed E-state index contributed by atoms with van der Waals surface area (Å²) in [6.45, 7) is 2.27. The van der Waals surface area contributed by atoms with Crippen molar-refractivity contribution in [1.82, 2.24) is 9.80 Å². The summed E-state index contributed by atoms with van der Waals surface area (Å²) in [5, 5.41) is 0.958. The zero-order valence-electron chi connectivity index (χ0n) is 11.6. The van der Waals surface area contributed by atoms with Crippen LogP contribution < -0.4 is 0 Å². The van der Waals surface area contributed by atoms with Crippen molar-refractivity contribution in [3.63, 3.8) is 0 Å². The molecule has 0 aliphatic rings. The van der Waals surface area contributed by atoms with E-state index in [2.05, 4.69) is 4.90 Å². The van der Waals surface area contributed by atoms with Crippen molar-refractivity contribution in [1.29, 1.82) is 0 Å². The van der Waals surface area contributed by atoms with Crippen LogP contribution in [-0.4, -0.2) is 56.4 Å². The molecule has 1 aromatic rings. The third-order valence-corrected chi connectivity index (χ3v) is 3.34. The Bertz CT molecular complexity index is 435. The number of ketones is 1. The van der Waals surface area contributed by atoms with Crippen LogP contribution in [0.1, 0.15) is 16.8 Å². The molecular weight excluding hydrogens is 283 g/mol. The lowest BCUT2D eigenvalue weighted by Crippen LogP contribution is -2.29. The number of likely N-dealkylation sites (N-methyl/N-ethyl adjacent to an activating group) is 1. The molecule has 0 N–H and O–H groups in total. The van der Waals surface area contributed by atoms with Gasteiger partial charge in [-0.2, -0.15) is 0 Å². The number of nitrogens with zero attached hydrogens (tertiary/aromatic N) is 2. The van der Waals surface area contributed by atoms with E-state index in [0.29, 0.717) is 22.2 Å². The minimum atomic E-state index is 0.0222. The maximum atomic E-state index is 12.1. The van der Waals surface area contributed by atoms with E-state index in [1.807, 2.05) is 26.0 Å². The molecule has 106 valence electrons. The molecule has 0 spiro atoms. The predicted octanol–water partition coefficient (Wildman–Crippen LogP) is 3.06. The van der Waals surface area contributed by atoms with E-state index in [1.54, 1.807) is 18.2 Å². The van der Waals surface area contributed by atoms with Crippen LogP contribution in [0.25, 0.3) is 0 Å². The largest absolute Gasteiger partial charge is 0.309 e. The first-order valence-electron chi connectivity index (χ1n) is 6.21. The van der Waals surface area contributed by atoms with Crippen LogP contribution in [0, 0.1) is 0 Å². The van der Waals surface area contributed by atoms with Crippen molar-refractivity contribution in [3.05, 3.63) is 33.8 Å². The van der Waals surface area contributed by atoms with Gasteiger partial charge >= 0.3 is 0 Å². The van der Waals surface area contributed by atoms with Gasteiger partial charge in [0.1, 0.15) is 0 Å². The lowest BCUT2D eigenvalue weighted by Gasteiger charge is -2.17. The molecule has 1 rings (SSSR count). The second-order valence-electron chi connectivity index (χ2n) is 4.94. The fourth-order valence-electron chi connectivity index (χ4n) is 1.78. The average molecular weight is 303 g/mol. The molecule has 0 aromatic heterocycles. The van der Waals surface area contributed by atoms with Gasteiger partial charge in [0.2, 0.25) is 0 Å². The summed E-state index contributed by atoms with van der Waals surface area (Å²) in [6.07, 6.45) is 1.03. The quantitative estimate of drug-likeness (QED) is 0.723. The highest BCUT2D eigenvalue weighted by Crippen LogP contribution is 2.21. The third-order valence-electron chi connectivity index (χ3n) is 2.79. The van der Waals surface area contributed by atoms with Gasteiger partial charge in [-0.15, -0.1) is 0 Å². The van der Waals surface area contributed by atoms with Gasteiger partial charge in [0.15, 0.2) is 5.78 Å². The molecule has 1 aromatic carbocycles. The van der Waals surface area contributed by atoms with Crippen molar-refractivity contribution < 1.29 is 4.79 Å². The second-order valence-corrected chi connectivity index (χ2v) is 5.79. The summed E-state index contributed by atoms with van der Waals surface area (Å²) >= 11 is 11.8. The van der Waals surface area contributed by atoms with Crippen LogP contribution in [0.4, 0.5) is 0 Å². The molecule has 0 saturated carbocycles. The maximum absolute atomic E-state index is 12.1. The van der Waals surface area contributed by atoms with Crippen molar-refractivity contribution in [2.75, 3.05) is 40.8 Å². The van der Waals surface area contributed by atoms with Gasteiger partial charge in [-0.25, -0.2) is 0 Å². The average Bonchev–Trinajstić information content (AvgIpc) is 2.27. The maximum Gasteiger partial charge on any atom is 0.178 e. The van der Waals surface area contributed by atoms with Crippen molar-refractivity contribution in [3.8, 4) is 0 Å². The van der Waals surface area contributed by atoms with Crippen LogP contribution in [0.2, 0.25) is 10.0 Å². The summed E-state index contributed by atoms with van der Waals surface area (Å²) in [5.74, 6) is 0.0222. The van der Waals surface area contributed by atoms with Crippen LogP contribution in [0.5, 0.6) is 0 Å². The Morgan fingerprint density at radius 1 is 1.16 bits per heavy atom. The number of halogens is 2. The fourth-order valence-corrected chi connectivity index (χ4v) is 2.30. The number of carbonyl (C=O) groups is 1. The summed E-state index contributed by atoms with van der Waals surface area (Å²) in [6, 6.07) is 4.97. The molecule has 0 aliphatic carbocycles. The number of Topliss-reactive ketones (excluding diaryl/α,β-unsaturated/α-hetero) is 1. The van der Waals surface area contributed by atoms with Crippen LogP contribution >= 0.6 is 23.2 Å². The number of hydrogen-bond donors (Lipinski definition) is 0.